The maximum absolute atomic E-state index is 13.5. The fourth-order valence-electron chi connectivity index (χ4n) is 3.78. The maximum atomic E-state index is 13.5. The zero-order chi connectivity index (χ0) is 29.0. The number of hydrogen-bond donors (Lipinski definition) is 4. The zero-order valence-electron chi connectivity index (χ0n) is 21.3. The number of carbonyl (C=O) groups is 3. The second-order valence-electron chi connectivity index (χ2n) is 8.70. The Labute approximate surface area is 227 Å². The number of nitrogens with one attached hydrogen (secondary N) is 3. The second kappa shape index (κ2) is 11.5. The molecule has 1 aromatic heterocycles. The van der Waals surface area contributed by atoms with Crippen molar-refractivity contribution in [2.24, 2.45) is 0 Å². The number of furan rings is 1. The number of carbonyl (C=O) groups excluding carboxylic acids is 2. The number of hydrogen-bond acceptors (Lipinski definition) is 8. The van der Waals surface area contributed by atoms with E-state index in [9.17, 15) is 27.2 Å². The average Bonchev–Trinajstić information content (AvgIpc) is 3.28. The first kappa shape index (κ1) is 28.1. The Morgan fingerprint density at radius 2 is 1.70 bits per heavy atom. The Balaban J connectivity index is 1.69. The third-order valence-electron chi connectivity index (χ3n) is 5.65. The molecule has 0 unspecified atom stereocenters. The molecule has 1 heterocycles. The Hall–Kier alpha value is -4.91. The van der Waals surface area contributed by atoms with E-state index in [1.807, 2.05) is 0 Å². The molecule has 2 amide bonds. The van der Waals surface area contributed by atoms with Crippen molar-refractivity contribution in [2.75, 3.05) is 36.4 Å². The third kappa shape index (κ3) is 6.56. The van der Waals surface area contributed by atoms with Gasteiger partial charge in [-0.2, -0.15) is 0 Å². The van der Waals surface area contributed by atoms with Crippen LogP contribution in [0.1, 0.15) is 20.7 Å². The van der Waals surface area contributed by atoms with E-state index >= 15 is 0 Å². The van der Waals surface area contributed by atoms with E-state index in [2.05, 4.69) is 16.0 Å². The summed E-state index contributed by atoms with van der Waals surface area (Å²) in [7, 11) is -2.03. The zero-order valence-corrected chi connectivity index (χ0v) is 22.1. The molecule has 4 N–H and O–H groups in total. The highest BCUT2D eigenvalue weighted by Crippen LogP contribution is 2.39. The number of halogens is 1. The number of fused-ring (bicyclic) bond motifs is 1. The van der Waals surface area contributed by atoms with E-state index < -0.39 is 45.9 Å². The van der Waals surface area contributed by atoms with Crippen molar-refractivity contribution in [3.63, 3.8) is 0 Å². The molecule has 0 radical (unpaired) electrons. The number of ether oxygens (including phenoxy) is 1. The van der Waals surface area contributed by atoms with Gasteiger partial charge < -0.3 is 30.2 Å². The molecule has 0 saturated heterocycles. The molecule has 0 aliphatic heterocycles. The summed E-state index contributed by atoms with van der Waals surface area (Å²) in [6.45, 7) is -0.502. The van der Waals surface area contributed by atoms with Crippen LogP contribution in [0.3, 0.4) is 0 Å². The van der Waals surface area contributed by atoms with Gasteiger partial charge in [0.25, 0.3) is 11.8 Å². The van der Waals surface area contributed by atoms with Crippen molar-refractivity contribution in [1.82, 2.24) is 5.32 Å². The topological polar surface area (TPSA) is 164 Å². The number of sulfone groups is 1. The van der Waals surface area contributed by atoms with Gasteiger partial charge in [0.2, 0.25) is 0 Å². The summed E-state index contributed by atoms with van der Waals surface area (Å²) in [5, 5.41) is 17.2. The highest BCUT2D eigenvalue weighted by atomic mass is 32.2. The molecule has 0 saturated carbocycles. The van der Waals surface area contributed by atoms with Crippen LogP contribution < -0.4 is 20.7 Å². The molecule has 4 rings (SSSR count). The Morgan fingerprint density at radius 3 is 2.30 bits per heavy atom. The highest BCUT2D eigenvalue weighted by molar-refractivity contribution is 7.90. The number of aromatic carboxylic acids is 1. The average molecular weight is 570 g/mol. The van der Waals surface area contributed by atoms with Crippen molar-refractivity contribution in [3.8, 4) is 17.1 Å². The number of carboxylic acids is 1. The number of anilines is 2. The van der Waals surface area contributed by atoms with E-state index in [4.69, 9.17) is 14.3 Å². The van der Waals surface area contributed by atoms with Crippen LogP contribution in [0.5, 0.6) is 5.75 Å². The first-order valence-electron chi connectivity index (χ1n) is 11.7. The summed E-state index contributed by atoms with van der Waals surface area (Å²) in [6, 6.07) is 13.7. The first-order chi connectivity index (χ1) is 18.9. The summed E-state index contributed by atoms with van der Waals surface area (Å²) < 4.78 is 48.8. The molecule has 13 heteroatoms. The van der Waals surface area contributed by atoms with Crippen LogP contribution in [0.15, 0.2) is 65.1 Å². The summed E-state index contributed by atoms with van der Waals surface area (Å²) in [6.07, 6.45) is 1.03. The minimum atomic E-state index is -3.46. The van der Waals surface area contributed by atoms with Crippen molar-refractivity contribution >= 4 is 50.0 Å². The van der Waals surface area contributed by atoms with Gasteiger partial charge in [0.15, 0.2) is 16.4 Å². The molecule has 40 heavy (non-hydrogen) atoms. The van der Waals surface area contributed by atoms with Gasteiger partial charge >= 0.3 is 5.97 Å². The molecular formula is C27H24FN3O8S. The number of amides is 2. The van der Waals surface area contributed by atoms with Crippen LogP contribution in [-0.4, -0.2) is 57.1 Å². The van der Waals surface area contributed by atoms with Gasteiger partial charge in [0, 0.05) is 36.0 Å². The monoisotopic (exact) mass is 569 g/mol. The van der Waals surface area contributed by atoms with Crippen molar-refractivity contribution in [2.45, 2.75) is 0 Å². The minimum Gasteiger partial charge on any atom is -0.482 e. The molecular weight excluding hydrogens is 545 g/mol. The van der Waals surface area contributed by atoms with Crippen LogP contribution in [-0.2, 0) is 14.6 Å². The predicted molar refractivity (Wildman–Crippen MR) is 146 cm³/mol. The highest BCUT2D eigenvalue weighted by Gasteiger charge is 2.24. The van der Waals surface area contributed by atoms with E-state index in [0.29, 0.717) is 16.6 Å². The molecule has 11 nitrogen and oxygen atoms in total. The lowest BCUT2D eigenvalue weighted by molar-refractivity contribution is -0.118. The SMILES string of the molecule is CNC(=O)c1c(-c2ccc(F)cc2)oc2cc(NCS(C)(=O)=O)c(OCC(=O)Nc3ccc(C(=O)O)cc3)cc12. The van der Waals surface area contributed by atoms with Crippen molar-refractivity contribution < 1.29 is 41.5 Å². The van der Waals surface area contributed by atoms with Crippen LogP contribution in [0.2, 0.25) is 0 Å². The minimum absolute atomic E-state index is 0.0520. The normalized spacial score (nSPS) is 11.2. The Kier molecular flexibility index (Phi) is 8.05. The lowest BCUT2D eigenvalue weighted by Gasteiger charge is -2.13. The molecule has 0 bridgehead atoms. The molecule has 0 fully saturated rings. The Morgan fingerprint density at radius 1 is 1.02 bits per heavy atom. The van der Waals surface area contributed by atoms with Crippen LogP contribution in [0.25, 0.3) is 22.3 Å². The summed E-state index contributed by atoms with van der Waals surface area (Å²) in [5.74, 6) is -2.90. The van der Waals surface area contributed by atoms with Crippen LogP contribution >= 0.6 is 0 Å². The maximum Gasteiger partial charge on any atom is 0.335 e. The van der Waals surface area contributed by atoms with Gasteiger partial charge in [-0.1, -0.05) is 0 Å². The van der Waals surface area contributed by atoms with Gasteiger partial charge in [0.05, 0.1) is 16.8 Å². The standard InChI is InChI=1S/C27H24FN3O8S/c1-29-26(33)24-19-11-22(38-13-23(32)31-18-9-5-16(6-10-18)27(34)35)20(30-14-40(2,36)37)12-21(19)39-25(24)15-3-7-17(28)8-4-15/h3-12,30H,13-14H2,1-2H3,(H,29,33)(H,31,32)(H,34,35). The van der Waals surface area contributed by atoms with Crippen LogP contribution in [0, 0.1) is 5.82 Å². The molecule has 0 aliphatic rings. The van der Waals surface area contributed by atoms with Gasteiger partial charge in [-0.15, -0.1) is 0 Å². The number of benzene rings is 3. The smallest absolute Gasteiger partial charge is 0.335 e. The number of carboxylic acid groups (broad SMARTS) is 1. The second-order valence-corrected chi connectivity index (χ2v) is 10.8. The fraction of sp³-hybridized carbons (Fsp3) is 0.148. The van der Waals surface area contributed by atoms with E-state index in [1.54, 1.807) is 0 Å². The predicted octanol–water partition coefficient (Wildman–Crippen LogP) is 3.73. The summed E-state index contributed by atoms with van der Waals surface area (Å²) >= 11 is 0. The van der Waals surface area contributed by atoms with Gasteiger partial charge in [-0.05, 0) is 54.6 Å². The van der Waals surface area contributed by atoms with Crippen molar-refractivity contribution in [3.05, 3.63) is 77.6 Å². The molecule has 0 aliphatic carbocycles. The van der Waals surface area contributed by atoms with Gasteiger partial charge in [-0.3, -0.25) is 9.59 Å². The van der Waals surface area contributed by atoms with E-state index in [1.165, 1.54) is 67.7 Å². The van der Waals surface area contributed by atoms with Gasteiger partial charge in [0.1, 0.15) is 28.8 Å². The Bertz CT molecular complexity index is 1700. The quantitative estimate of drug-likeness (QED) is 0.223. The van der Waals surface area contributed by atoms with Crippen molar-refractivity contribution in [1.29, 1.82) is 0 Å². The number of rotatable bonds is 10. The van der Waals surface area contributed by atoms with Crippen LogP contribution in [0.4, 0.5) is 15.8 Å². The molecule has 208 valence electrons. The first-order valence-corrected chi connectivity index (χ1v) is 13.8. The third-order valence-corrected chi connectivity index (χ3v) is 6.32. The lowest BCUT2D eigenvalue weighted by Crippen LogP contribution is -2.21. The van der Waals surface area contributed by atoms with Gasteiger partial charge in [-0.25, -0.2) is 17.6 Å². The summed E-state index contributed by atoms with van der Waals surface area (Å²) in [5.41, 5.74) is 1.34. The molecule has 3 aromatic carbocycles. The molecule has 0 atom stereocenters. The largest absolute Gasteiger partial charge is 0.482 e. The van der Waals surface area contributed by atoms with E-state index in [-0.39, 0.29) is 33.9 Å². The van der Waals surface area contributed by atoms with E-state index in [0.717, 1.165) is 6.26 Å². The lowest BCUT2D eigenvalue weighted by atomic mass is 10.0. The molecule has 0 spiro atoms. The molecule has 4 aromatic rings. The summed E-state index contributed by atoms with van der Waals surface area (Å²) in [4.78, 5) is 36.4. The fourth-order valence-corrected chi connectivity index (χ4v) is 4.20.